The smallest absolute Gasteiger partial charge is 0.490 e. The fourth-order valence-electron chi connectivity index (χ4n) is 5.47. The van der Waals surface area contributed by atoms with Crippen molar-refractivity contribution in [2.24, 2.45) is 0 Å². The number of nitrogens with one attached hydrogen (secondary N) is 1. The number of ether oxygens (including phenoxy) is 3. The quantitative estimate of drug-likeness (QED) is 0.125. The molecule has 266 valence electrons. The van der Waals surface area contributed by atoms with E-state index in [0.717, 1.165) is 4.90 Å². The van der Waals surface area contributed by atoms with E-state index < -0.39 is 38.9 Å². The minimum atomic E-state index is -5.51. The molecule has 1 saturated carbocycles. The first-order valence-corrected chi connectivity index (χ1v) is 17.4. The van der Waals surface area contributed by atoms with Crippen molar-refractivity contribution in [2.45, 2.75) is 68.3 Å². The molecule has 15 heteroatoms. The van der Waals surface area contributed by atoms with Crippen molar-refractivity contribution in [3.63, 3.8) is 0 Å². The number of amides is 1. The van der Waals surface area contributed by atoms with Crippen LogP contribution in [0.25, 0.3) is 10.8 Å². The third-order valence-corrected chi connectivity index (χ3v) is 10.3. The van der Waals surface area contributed by atoms with E-state index >= 15 is 0 Å². The van der Waals surface area contributed by atoms with Gasteiger partial charge in [0.05, 0.1) is 22.9 Å². The zero-order chi connectivity index (χ0) is 36.4. The molecule has 3 aromatic carbocycles. The number of hydrogen-bond acceptors (Lipinski definition) is 10. The summed E-state index contributed by atoms with van der Waals surface area (Å²) in [6.45, 7) is 4.98. The SMILES string of the molecule is CCOc1cc([C@@](Nc2ccc3c(N)nccc3c2)(OC(=O)C(F)(F)F)C(=O)N(C)Cc2ccccc2S(=O)(=O)C2CC2)ccc1OC(C)C. The molecule has 4 aromatic rings. The first-order chi connectivity index (χ1) is 23.6. The minimum Gasteiger partial charge on any atom is -0.490 e. The largest absolute Gasteiger partial charge is 0.491 e. The van der Waals surface area contributed by atoms with Gasteiger partial charge in [0, 0.05) is 36.4 Å². The van der Waals surface area contributed by atoms with E-state index in [1.807, 2.05) is 0 Å². The Bertz CT molecular complexity index is 2020. The molecule has 1 heterocycles. The number of alkyl halides is 3. The second kappa shape index (κ2) is 14.1. The molecule has 0 spiro atoms. The number of aromatic nitrogens is 1. The van der Waals surface area contributed by atoms with Crippen LogP contribution in [-0.4, -0.2) is 61.4 Å². The van der Waals surface area contributed by atoms with Crippen molar-refractivity contribution in [3.8, 4) is 11.5 Å². The van der Waals surface area contributed by atoms with Crippen molar-refractivity contribution < 1.29 is 45.4 Å². The third-order valence-electron chi connectivity index (χ3n) is 7.90. The number of esters is 1. The molecule has 50 heavy (non-hydrogen) atoms. The van der Waals surface area contributed by atoms with E-state index in [-0.39, 0.29) is 58.3 Å². The predicted molar refractivity (Wildman–Crippen MR) is 180 cm³/mol. The first-order valence-electron chi connectivity index (χ1n) is 15.8. The molecule has 11 nitrogen and oxygen atoms in total. The second-order valence-corrected chi connectivity index (χ2v) is 14.3. The van der Waals surface area contributed by atoms with E-state index in [9.17, 15) is 31.2 Å². The van der Waals surface area contributed by atoms with Crippen molar-refractivity contribution in [3.05, 3.63) is 84.1 Å². The Morgan fingerprint density at radius 1 is 1.04 bits per heavy atom. The molecular weight excluding hydrogens is 677 g/mol. The van der Waals surface area contributed by atoms with Crippen LogP contribution in [0.2, 0.25) is 0 Å². The monoisotopic (exact) mass is 714 g/mol. The maximum absolute atomic E-state index is 14.8. The van der Waals surface area contributed by atoms with Crippen LogP contribution in [0.4, 0.5) is 24.7 Å². The van der Waals surface area contributed by atoms with E-state index in [4.69, 9.17) is 19.9 Å². The Labute approximate surface area is 287 Å². The van der Waals surface area contributed by atoms with E-state index in [1.165, 1.54) is 55.7 Å². The summed E-state index contributed by atoms with van der Waals surface area (Å²) >= 11 is 0. The number of nitrogens with two attached hydrogens (primary N) is 1. The predicted octanol–water partition coefficient (Wildman–Crippen LogP) is 5.97. The summed E-state index contributed by atoms with van der Waals surface area (Å²) in [5.74, 6) is -3.31. The highest BCUT2D eigenvalue weighted by Gasteiger charge is 2.53. The van der Waals surface area contributed by atoms with Gasteiger partial charge >= 0.3 is 12.1 Å². The van der Waals surface area contributed by atoms with E-state index in [1.54, 1.807) is 45.0 Å². The molecule has 0 radical (unpaired) electrons. The molecule has 0 aliphatic heterocycles. The summed E-state index contributed by atoms with van der Waals surface area (Å²) in [5, 5.41) is 3.28. The summed E-state index contributed by atoms with van der Waals surface area (Å²) in [4.78, 5) is 32.6. The lowest BCUT2D eigenvalue weighted by Crippen LogP contribution is -2.54. The average Bonchev–Trinajstić information content (AvgIpc) is 3.91. The van der Waals surface area contributed by atoms with Crippen molar-refractivity contribution in [1.29, 1.82) is 0 Å². The van der Waals surface area contributed by atoms with Gasteiger partial charge in [0.2, 0.25) is 0 Å². The Morgan fingerprint density at radius 2 is 1.76 bits per heavy atom. The third kappa shape index (κ3) is 7.57. The van der Waals surface area contributed by atoms with Crippen molar-refractivity contribution in [2.75, 3.05) is 24.7 Å². The summed E-state index contributed by atoms with van der Waals surface area (Å²) in [6, 6.07) is 16.1. The number of carbonyl (C=O) groups excluding carboxylic acids is 2. The van der Waals surface area contributed by atoms with Crippen LogP contribution >= 0.6 is 0 Å². The second-order valence-electron chi connectivity index (χ2n) is 12.1. The lowest BCUT2D eigenvalue weighted by Gasteiger charge is -2.37. The number of hydrogen-bond donors (Lipinski definition) is 2. The summed E-state index contributed by atoms with van der Waals surface area (Å²) in [5.41, 5.74) is 3.20. The van der Waals surface area contributed by atoms with Crippen LogP contribution in [0.1, 0.15) is 44.7 Å². The van der Waals surface area contributed by atoms with Gasteiger partial charge in [-0.15, -0.1) is 0 Å². The molecule has 1 aromatic heterocycles. The van der Waals surface area contributed by atoms with Gasteiger partial charge in [-0.2, -0.15) is 13.2 Å². The number of fused-ring (bicyclic) bond motifs is 1. The summed E-state index contributed by atoms with van der Waals surface area (Å²) < 4.78 is 85.4. The highest BCUT2D eigenvalue weighted by Crippen LogP contribution is 2.40. The highest BCUT2D eigenvalue weighted by atomic mass is 32.2. The molecule has 0 unspecified atom stereocenters. The number of likely N-dealkylation sites (N-methyl/N-ethyl adjacent to an activating group) is 1. The number of pyridine rings is 1. The van der Waals surface area contributed by atoms with Crippen LogP contribution in [0.5, 0.6) is 11.5 Å². The fourth-order valence-corrected chi connectivity index (χ4v) is 7.35. The number of sulfone groups is 1. The van der Waals surface area contributed by atoms with Gasteiger partial charge in [0.25, 0.3) is 11.6 Å². The molecule has 1 aliphatic carbocycles. The topological polar surface area (TPSA) is 150 Å². The molecule has 1 atom stereocenters. The van der Waals surface area contributed by atoms with Gasteiger partial charge in [-0.1, -0.05) is 18.2 Å². The van der Waals surface area contributed by atoms with Gasteiger partial charge in [0.1, 0.15) is 5.82 Å². The molecule has 1 aliphatic rings. The zero-order valence-corrected chi connectivity index (χ0v) is 28.6. The number of nitrogen functional groups attached to an aromatic ring is 1. The Balaban J connectivity index is 1.70. The van der Waals surface area contributed by atoms with Gasteiger partial charge in [-0.05, 0) is 93.1 Å². The maximum atomic E-state index is 14.8. The average molecular weight is 715 g/mol. The number of halogens is 3. The van der Waals surface area contributed by atoms with E-state index in [0.29, 0.717) is 23.6 Å². The maximum Gasteiger partial charge on any atom is 0.491 e. The van der Waals surface area contributed by atoms with Gasteiger partial charge < -0.3 is 30.2 Å². The fraction of sp³-hybridized carbons (Fsp3) is 0.343. The number of rotatable bonds is 13. The van der Waals surface area contributed by atoms with Gasteiger partial charge in [-0.25, -0.2) is 18.2 Å². The van der Waals surface area contributed by atoms with Gasteiger partial charge in [-0.3, -0.25) is 4.79 Å². The molecule has 3 N–H and O–H groups in total. The van der Waals surface area contributed by atoms with Crippen LogP contribution in [-0.2, 0) is 36.4 Å². The minimum absolute atomic E-state index is 0.00235. The standard InChI is InChI=1S/C35H37F3N4O7S/c1-5-47-29-19-24(10-15-28(29)48-21(2)3)34(49-33(44)35(36,37)38,41-25-11-14-27-22(18-25)16-17-40-31(27)39)32(43)42(4)20-23-8-6-7-9-30(23)50(45,46)26-12-13-26/h6-11,14-19,21,26,41H,5,12-13,20H2,1-4H3,(H2,39,40)/t34-/m1/s1. The highest BCUT2D eigenvalue weighted by molar-refractivity contribution is 7.92. The van der Waals surface area contributed by atoms with Gasteiger partial charge in [0.15, 0.2) is 21.3 Å². The lowest BCUT2D eigenvalue weighted by molar-refractivity contribution is -0.215. The normalized spacial score (nSPS) is 14.6. The summed E-state index contributed by atoms with van der Waals surface area (Å²) in [7, 11) is -2.46. The Morgan fingerprint density at radius 3 is 2.42 bits per heavy atom. The molecule has 0 bridgehead atoms. The number of anilines is 2. The van der Waals surface area contributed by atoms with Crippen LogP contribution < -0.4 is 20.5 Å². The summed E-state index contributed by atoms with van der Waals surface area (Å²) in [6.07, 6.45) is -3.39. The number of nitrogens with zero attached hydrogens (tertiary/aromatic N) is 2. The molecular formula is C35H37F3N4O7S. The molecule has 1 amide bonds. The zero-order valence-electron chi connectivity index (χ0n) is 27.8. The molecule has 1 fully saturated rings. The Kier molecular flexibility index (Phi) is 10.2. The van der Waals surface area contributed by atoms with Crippen LogP contribution in [0, 0.1) is 0 Å². The molecule has 5 rings (SSSR count). The van der Waals surface area contributed by atoms with Crippen molar-refractivity contribution >= 4 is 44.0 Å². The number of carbonyl (C=O) groups is 2. The van der Waals surface area contributed by atoms with Crippen molar-refractivity contribution in [1.82, 2.24) is 9.88 Å². The number of benzene rings is 3. The van der Waals surface area contributed by atoms with Crippen LogP contribution in [0.3, 0.4) is 0 Å². The lowest BCUT2D eigenvalue weighted by atomic mass is 9.98. The Hall–Kier alpha value is -5.05. The van der Waals surface area contributed by atoms with Crippen LogP contribution in [0.15, 0.2) is 77.8 Å². The first kappa shape index (κ1) is 36.2. The molecule has 0 saturated heterocycles. The van der Waals surface area contributed by atoms with E-state index in [2.05, 4.69) is 10.3 Å².